The van der Waals surface area contributed by atoms with Gasteiger partial charge >= 0.3 is 195 Å². The summed E-state index contributed by atoms with van der Waals surface area (Å²) in [6, 6.07) is 32.6. The molecule has 1 saturated heterocycles. The molecule has 0 spiro atoms. The first-order chi connectivity index (χ1) is 15.0. The van der Waals surface area contributed by atoms with Gasteiger partial charge in [0.05, 0.1) is 0 Å². The zero-order valence-corrected chi connectivity index (χ0v) is 21.4. The van der Waals surface area contributed by atoms with Crippen LogP contribution in [0.2, 0.25) is 9.85 Å². The predicted molar refractivity (Wildman–Crippen MR) is 134 cm³/mol. The topological polar surface area (TPSA) is 18.5 Å². The maximum absolute atomic E-state index is 7.07. The molecule has 4 heteroatoms. The van der Waals surface area contributed by atoms with Gasteiger partial charge in [0.2, 0.25) is 0 Å². The molecule has 0 N–H and O–H groups in total. The molecule has 2 nitrogen and oxygen atoms in total. The number of hydrogen-bond donors (Lipinski definition) is 0. The normalized spacial score (nSPS) is 19.5. The molecule has 1 fully saturated rings. The van der Waals surface area contributed by atoms with Crippen molar-refractivity contribution < 1.29 is 9.16 Å². The van der Waals surface area contributed by atoms with E-state index in [4.69, 9.17) is 9.16 Å². The quantitative estimate of drug-likeness (QED) is 0.458. The van der Waals surface area contributed by atoms with E-state index in [1.54, 1.807) is 0 Å². The fraction of sp³-hybridized carbons (Fsp3) is 0.333. The Morgan fingerprint density at radius 3 is 1.87 bits per heavy atom. The molecule has 0 saturated carbocycles. The van der Waals surface area contributed by atoms with Gasteiger partial charge in [-0.15, -0.1) is 0 Å². The summed E-state index contributed by atoms with van der Waals surface area (Å²) in [5.41, 5.74) is 0. The first-order valence-corrected chi connectivity index (χ1v) is 14.8. The van der Waals surface area contributed by atoms with Gasteiger partial charge in [-0.3, -0.25) is 0 Å². The van der Waals surface area contributed by atoms with Crippen LogP contribution in [0.5, 0.6) is 0 Å². The van der Waals surface area contributed by atoms with Crippen molar-refractivity contribution in [3.05, 3.63) is 91.0 Å². The van der Waals surface area contributed by atoms with Crippen molar-refractivity contribution in [3.63, 3.8) is 0 Å². The van der Waals surface area contributed by atoms with E-state index >= 15 is 0 Å². The number of rotatable bonds is 7. The van der Waals surface area contributed by atoms with Crippen LogP contribution in [0.3, 0.4) is 0 Å². The minimum absolute atomic E-state index is 0.00168. The SMILES string of the molecule is CC(C)(C)[Si](OC[C@H]1CC([Se]c2ccccc2)CO1)(c1ccccc1)c1ccccc1. The van der Waals surface area contributed by atoms with Gasteiger partial charge in [-0.2, -0.15) is 0 Å². The van der Waals surface area contributed by atoms with Gasteiger partial charge in [-0.25, -0.2) is 0 Å². The van der Waals surface area contributed by atoms with Crippen molar-refractivity contribution >= 4 is 38.1 Å². The third kappa shape index (κ3) is 5.05. The van der Waals surface area contributed by atoms with E-state index in [-0.39, 0.29) is 11.1 Å². The monoisotopic (exact) mass is 496 g/mol. The molecule has 3 aromatic carbocycles. The Kier molecular flexibility index (Phi) is 7.15. The first-order valence-electron chi connectivity index (χ1n) is 11.1. The van der Waals surface area contributed by atoms with E-state index in [1.165, 1.54) is 14.8 Å². The fourth-order valence-electron chi connectivity index (χ4n) is 4.54. The number of hydrogen-bond acceptors (Lipinski definition) is 2. The summed E-state index contributed by atoms with van der Waals surface area (Å²) in [6.07, 6.45) is 1.27. The standard InChI is InChI=1S/C27H32O2SeSi/c1-27(2,3)31(25-15-9-5-10-16-25,26-17-11-6-12-18-26)29-20-22-19-24(21-28-22)30-23-13-7-4-8-14-23/h4-18,22,24H,19-21H2,1-3H3/t22-,24?/m1/s1. The molecule has 4 rings (SSSR count). The molecule has 1 aliphatic heterocycles. The van der Waals surface area contributed by atoms with Gasteiger partial charge in [0, 0.05) is 0 Å². The Balaban J connectivity index is 1.55. The molecule has 31 heavy (non-hydrogen) atoms. The average molecular weight is 496 g/mol. The van der Waals surface area contributed by atoms with Gasteiger partial charge < -0.3 is 0 Å². The van der Waals surface area contributed by atoms with Gasteiger partial charge in [0.1, 0.15) is 0 Å². The molecule has 0 aliphatic carbocycles. The fourth-order valence-corrected chi connectivity index (χ4v) is 11.6. The van der Waals surface area contributed by atoms with Crippen LogP contribution < -0.4 is 14.8 Å². The van der Waals surface area contributed by atoms with Crippen molar-refractivity contribution in [1.29, 1.82) is 0 Å². The van der Waals surface area contributed by atoms with Crippen molar-refractivity contribution in [3.8, 4) is 0 Å². The molecule has 1 heterocycles. The van der Waals surface area contributed by atoms with Gasteiger partial charge in [0.15, 0.2) is 0 Å². The average Bonchev–Trinajstić information content (AvgIpc) is 3.23. The molecule has 0 radical (unpaired) electrons. The third-order valence-electron chi connectivity index (χ3n) is 5.99. The zero-order chi connectivity index (χ0) is 21.7. The van der Waals surface area contributed by atoms with Crippen LogP contribution in [0.4, 0.5) is 0 Å². The Hall–Kier alpha value is -1.68. The molecule has 0 aromatic heterocycles. The molecule has 0 amide bonds. The number of ether oxygens (including phenoxy) is 1. The molecule has 1 aliphatic rings. The molecular formula is C27H32O2SeSi. The summed E-state index contributed by atoms with van der Waals surface area (Å²) in [7, 11) is -2.49. The molecule has 0 bridgehead atoms. The van der Waals surface area contributed by atoms with Crippen LogP contribution in [0.1, 0.15) is 27.2 Å². The molecular weight excluding hydrogens is 463 g/mol. The second-order valence-corrected chi connectivity index (χ2v) is 16.4. The third-order valence-corrected chi connectivity index (χ3v) is 13.5. The van der Waals surface area contributed by atoms with E-state index in [1.807, 2.05) is 0 Å². The van der Waals surface area contributed by atoms with Crippen molar-refractivity contribution in [2.75, 3.05) is 13.2 Å². The van der Waals surface area contributed by atoms with E-state index in [2.05, 4.69) is 112 Å². The second-order valence-electron chi connectivity index (χ2n) is 9.22. The summed E-state index contributed by atoms with van der Waals surface area (Å²) in [5.74, 6) is 0. The van der Waals surface area contributed by atoms with Gasteiger partial charge in [-0.1, -0.05) is 0 Å². The van der Waals surface area contributed by atoms with E-state index < -0.39 is 8.32 Å². The van der Waals surface area contributed by atoms with E-state index in [0.29, 0.717) is 26.4 Å². The van der Waals surface area contributed by atoms with Crippen LogP contribution >= 0.6 is 0 Å². The summed E-state index contributed by atoms with van der Waals surface area (Å²) in [5, 5.41) is 2.66. The Morgan fingerprint density at radius 1 is 0.839 bits per heavy atom. The summed E-state index contributed by atoms with van der Waals surface area (Å²) in [6.45, 7) is 8.50. The maximum atomic E-state index is 7.07. The number of benzene rings is 3. The van der Waals surface area contributed by atoms with Crippen LogP contribution in [0.15, 0.2) is 91.0 Å². The minimum atomic E-state index is -2.49. The molecule has 2 atom stereocenters. The van der Waals surface area contributed by atoms with Crippen molar-refractivity contribution in [2.24, 2.45) is 0 Å². The molecule has 1 unspecified atom stereocenters. The van der Waals surface area contributed by atoms with Crippen molar-refractivity contribution in [2.45, 2.75) is 43.2 Å². The van der Waals surface area contributed by atoms with Gasteiger partial charge in [-0.05, 0) is 0 Å². The zero-order valence-electron chi connectivity index (χ0n) is 18.7. The summed E-state index contributed by atoms with van der Waals surface area (Å²) >= 11 is 0.452. The molecule has 162 valence electrons. The van der Waals surface area contributed by atoms with Crippen LogP contribution in [0, 0.1) is 0 Å². The summed E-state index contributed by atoms with van der Waals surface area (Å²) in [4.78, 5) is 0.627. The summed E-state index contributed by atoms with van der Waals surface area (Å²) < 4.78 is 14.8. The van der Waals surface area contributed by atoms with Crippen LogP contribution in [0.25, 0.3) is 0 Å². The Labute approximate surface area is 194 Å². The van der Waals surface area contributed by atoms with Gasteiger partial charge in [0.25, 0.3) is 0 Å². The van der Waals surface area contributed by atoms with Crippen LogP contribution in [-0.4, -0.2) is 42.6 Å². The van der Waals surface area contributed by atoms with E-state index in [0.717, 1.165) is 13.0 Å². The predicted octanol–water partition coefficient (Wildman–Crippen LogP) is 4.17. The second kappa shape index (κ2) is 9.85. The first kappa shape index (κ1) is 22.5. The van der Waals surface area contributed by atoms with Crippen molar-refractivity contribution in [1.82, 2.24) is 0 Å². The Bertz CT molecular complexity index is 902. The molecule has 3 aromatic rings. The van der Waals surface area contributed by atoms with Crippen LogP contribution in [-0.2, 0) is 9.16 Å². The Morgan fingerprint density at radius 2 is 1.35 bits per heavy atom. The van der Waals surface area contributed by atoms with E-state index in [9.17, 15) is 0 Å².